The van der Waals surface area contributed by atoms with Gasteiger partial charge in [0.05, 0.1) is 27.7 Å². The monoisotopic (exact) mass is 626 g/mol. The normalized spacial score (nSPS) is 20.9. The highest BCUT2D eigenvalue weighted by Crippen LogP contribution is 2.35. The number of carboxylic acids is 1. The molecule has 1 N–H and O–H groups in total. The van der Waals surface area contributed by atoms with Crippen molar-refractivity contribution >= 4 is 56.3 Å². The molecule has 220 valence electrons. The smallest absolute Gasteiger partial charge is 0.303 e. The van der Waals surface area contributed by atoms with E-state index >= 15 is 0 Å². The Kier molecular flexibility index (Phi) is 8.94. The highest BCUT2D eigenvalue weighted by molar-refractivity contribution is 8.26. The number of ether oxygens (including phenoxy) is 1. The topological polar surface area (TPSA) is 122 Å². The summed E-state index contributed by atoms with van der Waals surface area (Å²) in [5.74, 6) is -1.24. The van der Waals surface area contributed by atoms with Crippen LogP contribution >= 0.6 is 24.0 Å². The Labute approximate surface area is 254 Å². The van der Waals surface area contributed by atoms with Gasteiger partial charge in [-0.2, -0.15) is 9.40 Å². The van der Waals surface area contributed by atoms with Crippen molar-refractivity contribution in [3.63, 3.8) is 0 Å². The van der Waals surface area contributed by atoms with Crippen LogP contribution in [0.25, 0.3) is 23.0 Å². The molecule has 0 aliphatic carbocycles. The number of aliphatic carboxylic acids is 1. The minimum atomic E-state index is -3.80. The maximum absolute atomic E-state index is 13.6. The number of hydrogen-bond donors (Lipinski definition) is 1. The van der Waals surface area contributed by atoms with Crippen LogP contribution in [0.3, 0.4) is 0 Å². The van der Waals surface area contributed by atoms with Gasteiger partial charge in [0.25, 0.3) is 5.91 Å². The molecule has 5 rings (SSSR count). The lowest BCUT2D eigenvalue weighted by Crippen LogP contribution is -2.48. The van der Waals surface area contributed by atoms with Crippen LogP contribution in [0.2, 0.25) is 0 Å². The summed E-state index contributed by atoms with van der Waals surface area (Å²) in [6.07, 6.45) is 3.27. The van der Waals surface area contributed by atoms with Gasteiger partial charge in [-0.25, -0.2) is 13.1 Å². The number of thiocarbonyl (C=S) groups is 1. The molecule has 2 unspecified atom stereocenters. The second kappa shape index (κ2) is 12.5. The number of nitrogens with zero attached hydrogens (tertiary/aromatic N) is 4. The van der Waals surface area contributed by atoms with Crippen molar-refractivity contribution in [1.82, 2.24) is 19.0 Å². The molecule has 2 saturated heterocycles. The zero-order chi connectivity index (χ0) is 30.0. The number of hydrogen-bond acceptors (Lipinski definition) is 8. The number of para-hydroxylation sites is 1. The van der Waals surface area contributed by atoms with Crippen LogP contribution in [0.5, 0.6) is 0 Å². The van der Waals surface area contributed by atoms with E-state index in [0.717, 1.165) is 17.4 Å². The molecule has 13 heteroatoms. The van der Waals surface area contributed by atoms with E-state index in [1.807, 2.05) is 44.2 Å². The quantitative estimate of drug-likeness (QED) is 0.272. The fraction of sp³-hybridized carbons (Fsp3) is 0.310. The van der Waals surface area contributed by atoms with Gasteiger partial charge in [0.1, 0.15) is 10.0 Å². The third kappa shape index (κ3) is 6.50. The number of rotatable bonds is 9. The van der Waals surface area contributed by atoms with Crippen LogP contribution < -0.4 is 0 Å². The van der Waals surface area contributed by atoms with Crippen LogP contribution in [-0.2, 0) is 24.3 Å². The summed E-state index contributed by atoms with van der Waals surface area (Å²) in [5, 5.41) is 13.8. The Morgan fingerprint density at radius 1 is 1.14 bits per heavy atom. The standard InChI is InChI=1S/C29H30N4O6S3/c1-19-16-31(17-20(2)39-19)42(37,38)24-11-6-8-21(14-24)27-22(18-33(30-27)23-9-4-3-5-10-23)15-25-28(36)32(29(40)41-25)13-7-12-26(34)35/h3-6,8-11,14-15,18-20H,7,12-13,16-17H2,1-2H3,(H,34,35)/b25-15-. The van der Waals surface area contributed by atoms with Gasteiger partial charge in [0.2, 0.25) is 10.0 Å². The first kappa shape index (κ1) is 30.1. The first-order valence-electron chi connectivity index (χ1n) is 13.4. The van der Waals surface area contributed by atoms with E-state index in [-0.39, 0.29) is 55.5 Å². The third-order valence-electron chi connectivity index (χ3n) is 6.83. The van der Waals surface area contributed by atoms with E-state index in [0.29, 0.717) is 26.0 Å². The summed E-state index contributed by atoms with van der Waals surface area (Å²) >= 11 is 6.55. The van der Waals surface area contributed by atoms with Gasteiger partial charge < -0.3 is 9.84 Å². The van der Waals surface area contributed by atoms with Gasteiger partial charge in [0, 0.05) is 43.4 Å². The molecule has 10 nitrogen and oxygen atoms in total. The SMILES string of the molecule is CC1CN(S(=O)(=O)c2cccc(-c3nn(-c4ccccc4)cc3/C=C3\SC(=S)N(CCCC(=O)O)C3=O)c2)CC(C)O1. The largest absolute Gasteiger partial charge is 0.481 e. The van der Waals surface area contributed by atoms with E-state index in [4.69, 9.17) is 27.2 Å². The van der Waals surface area contributed by atoms with Crippen LogP contribution in [0, 0.1) is 0 Å². The Balaban J connectivity index is 1.52. The van der Waals surface area contributed by atoms with Crippen LogP contribution in [0.15, 0.2) is 70.6 Å². The maximum Gasteiger partial charge on any atom is 0.303 e. The fourth-order valence-corrected chi connectivity index (χ4v) is 7.87. The van der Waals surface area contributed by atoms with E-state index in [1.165, 1.54) is 9.21 Å². The van der Waals surface area contributed by atoms with E-state index in [9.17, 15) is 18.0 Å². The van der Waals surface area contributed by atoms with Gasteiger partial charge in [-0.1, -0.05) is 54.3 Å². The highest BCUT2D eigenvalue weighted by atomic mass is 32.2. The summed E-state index contributed by atoms with van der Waals surface area (Å²) in [4.78, 5) is 26.1. The average molecular weight is 627 g/mol. The molecular formula is C29H30N4O6S3. The number of carbonyl (C=O) groups excluding carboxylic acids is 1. The Bertz CT molecular complexity index is 1640. The van der Waals surface area contributed by atoms with Crippen molar-refractivity contribution in [3.05, 3.63) is 71.3 Å². The van der Waals surface area contributed by atoms with Gasteiger partial charge in [0.15, 0.2) is 0 Å². The molecule has 2 aliphatic rings. The number of amides is 1. The lowest BCUT2D eigenvalue weighted by Gasteiger charge is -2.34. The number of sulfonamides is 1. The lowest BCUT2D eigenvalue weighted by molar-refractivity contribution is -0.137. The molecule has 2 aromatic carbocycles. The molecule has 2 fully saturated rings. The molecule has 42 heavy (non-hydrogen) atoms. The van der Waals surface area contributed by atoms with Gasteiger partial charge in [-0.05, 0) is 50.6 Å². The molecular weight excluding hydrogens is 597 g/mol. The number of morpholine rings is 1. The highest BCUT2D eigenvalue weighted by Gasteiger charge is 2.34. The van der Waals surface area contributed by atoms with Crippen molar-refractivity contribution in [2.24, 2.45) is 0 Å². The zero-order valence-corrected chi connectivity index (χ0v) is 25.5. The summed E-state index contributed by atoms with van der Waals surface area (Å²) in [5.41, 5.74) is 2.46. The molecule has 1 aromatic heterocycles. The van der Waals surface area contributed by atoms with Gasteiger partial charge in [-0.3, -0.25) is 14.5 Å². The van der Waals surface area contributed by atoms with E-state index < -0.39 is 16.0 Å². The second-order valence-corrected chi connectivity index (χ2v) is 13.8. The molecule has 0 radical (unpaired) electrons. The Morgan fingerprint density at radius 3 is 2.55 bits per heavy atom. The Morgan fingerprint density at radius 2 is 1.86 bits per heavy atom. The van der Waals surface area contributed by atoms with Crippen LogP contribution in [-0.4, -0.2) is 80.5 Å². The third-order valence-corrected chi connectivity index (χ3v) is 10.0. The molecule has 0 bridgehead atoms. The first-order chi connectivity index (χ1) is 20.0. The van der Waals surface area contributed by atoms with Crippen molar-refractivity contribution in [2.45, 2.75) is 43.8 Å². The summed E-state index contributed by atoms with van der Waals surface area (Å²) in [6, 6.07) is 16.1. The average Bonchev–Trinajstić information content (AvgIpc) is 3.49. The summed E-state index contributed by atoms with van der Waals surface area (Å²) in [6.45, 7) is 4.44. The van der Waals surface area contributed by atoms with Crippen molar-refractivity contribution < 1.29 is 27.9 Å². The molecule has 3 aromatic rings. The van der Waals surface area contributed by atoms with Crippen molar-refractivity contribution in [1.29, 1.82) is 0 Å². The minimum Gasteiger partial charge on any atom is -0.481 e. The van der Waals surface area contributed by atoms with Gasteiger partial charge in [-0.15, -0.1) is 0 Å². The Hall–Kier alpha value is -3.36. The molecule has 3 heterocycles. The molecule has 2 aliphatic heterocycles. The van der Waals surface area contributed by atoms with Crippen LogP contribution in [0.1, 0.15) is 32.3 Å². The lowest BCUT2D eigenvalue weighted by atomic mass is 10.1. The summed E-state index contributed by atoms with van der Waals surface area (Å²) in [7, 11) is -3.80. The number of thioether (sulfide) groups is 1. The number of carbonyl (C=O) groups is 2. The fourth-order valence-electron chi connectivity index (χ4n) is 4.93. The molecule has 1 amide bonds. The van der Waals surface area contributed by atoms with E-state index in [2.05, 4.69) is 0 Å². The van der Waals surface area contributed by atoms with Crippen molar-refractivity contribution in [3.8, 4) is 16.9 Å². The minimum absolute atomic E-state index is 0.0639. The zero-order valence-electron chi connectivity index (χ0n) is 23.0. The molecule has 0 saturated carbocycles. The number of benzene rings is 2. The van der Waals surface area contributed by atoms with Crippen molar-refractivity contribution in [2.75, 3.05) is 19.6 Å². The van der Waals surface area contributed by atoms with Gasteiger partial charge >= 0.3 is 5.97 Å². The maximum atomic E-state index is 13.6. The number of aromatic nitrogens is 2. The number of carboxylic acid groups (broad SMARTS) is 1. The predicted molar refractivity (Wildman–Crippen MR) is 165 cm³/mol. The molecule has 2 atom stereocenters. The molecule has 0 spiro atoms. The van der Waals surface area contributed by atoms with Crippen LogP contribution in [0.4, 0.5) is 0 Å². The van der Waals surface area contributed by atoms with E-state index in [1.54, 1.807) is 41.2 Å². The summed E-state index contributed by atoms with van der Waals surface area (Å²) < 4.78 is 36.5. The second-order valence-electron chi connectivity index (χ2n) is 10.2. The first-order valence-corrected chi connectivity index (χ1v) is 16.1. The predicted octanol–water partition coefficient (Wildman–Crippen LogP) is 4.40.